The van der Waals surface area contributed by atoms with Gasteiger partial charge in [0.15, 0.2) is 0 Å². The number of nitrogens with zero attached hydrogens (tertiary/aromatic N) is 2. The topological polar surface area (TPSA) is 64.3 Å². The SMILES string of the molecule is N#CCCN(c1c(F)cccc1/C=C/C(=O)O)C1CC1. The third-order valence-electron chi connectivity index (χ3n) is 3.16. The smallest absolute Gasteiger partial charge is 0.328 e. The molecule has 1 fully saturated rings. The molecule has 20 heavy (non-hydrogen) atoms. The molecular weight excluding hydrogens is 259 g/mol. The number of carboxylic acid groups (broad SMARTS) is 1. The van der Waals surface area contributed by atoms with Crippen LogP contribution in [0.1, 0.15) is 24.8 Å². The zero-order valence-corrected chi connectivity index (χ0v) is 10.9. The minimum absolute atomic E-state index is 0.247. The van der Waals surface area contributed by atoms with Crippen LogP contribution in [0.2, 0.25) is 0 Å². The molecule has 1 aliphatic rings. The largest absolute Gasteiger partial charge is 0.478 e. The maximum absolute atomic E-state index is 14.1. The van der Waals surface area contributed by atoms with Crippen molar-refractivity contribution >= 4 is 17.7 Å². The fraction of sp³-hybridized carbons (Fsp3) is 0.333. The number of aliphatic carboxylic acids is 1. The molecule has 0 radical (unpaired) electrons. The van der Waals surface area contributed by atoms with Crippen LogP contribution < -0.4 is 4.90 Å². The molecule has 1 saturated carbocycles. The van der Waals surface area contributed by atoms with Gasteiger partial charge in [0.25, 0.3) is 0 Å². The van der Waals surface area contributed by atoms with E-state index in [9.17, 15) is 9.18 Å². The van der Waals surface area contributed by atoms with Crippen LogP contribution in [0.5, 0.6) is 0 Å². The molecule has 0 aliphatic heterocycles. The Balaban J connectivity index is 2.36. The summed E-state index contributed by atoms with van der Waals surface area (Å²) in [4.78, 5) is 12.5. The van der Waals surface area contributed by atoms with Crippen molar-refractivity contribution in [2.24, 2.45) is 0 Å². The highest BCUT2D eigenvalue weighted by molar-refractivity contribution is 5.87. The minimum Gasteiger partial charge on any atom is -0.478 e. The summed E-state index contributed by atoms with van der Waals surface area (Å²) in [6, 6.07) is 6.90. The van der Waals surface area contributed by atoms with Gasteiger partial charge in [0.1, 0.15) is 5.82 Å². The van der Waals surface area contributed by atoms with Gasteiger partial charge in [-0.05, 0) is 25.0 Å². The molecule has 4 nitrogen and oxygen atoms in total. The zero-order chi connectivity index (χ0) is 14.5. The first-order valence-corrected chi connectivity index (χ1v) is 6.46. The average molecular weight is 274 g/mol. The van der Waals surface area contributed by atoms with Gasteiger partial charge in [0.2, 0.25) is 0 Å². The molecule has 0 bridgehead atoms. The molecule has 0 saturated heterocycles. The Hall–Kier alpha value is -2.35. The molecule has 0 unspecified atom stereocenters. The standard InChI is InChI=1S/C15H15FN2O2/c16-13-4-1-3-11(5-8-14(19)20)15(13)18(10-2-9-17)12-6-7-12/h1,3-5,8,12H,2,6-7,10H2,(H,19,20)/b8-5+. The number of hydrogen-bond donors (Lipinski definition) is 1. The minimum atomic E-state index is -1.07. The summed E-state index contributed by atoms with van der Waals surface area (Å²) < 4.78 is 14.1. The summed E-state index contributed by atoms with van der Waals surface area (Å²) in [5.41, 5.74) is 0.917. The lowest BCUT2D eigenvalue weighted by Crippen LogP contribution is -2.28. The van der Waals surface area contributed by atoms with Gasteiger partial charge in [0.05, 0.1) is 18.2 Å². The Kier molecular flexibility index (Phi) is 4.36. The third kappa shape index (κ3) is 3.35. The second-order valence-electron chi connectivity index (χ2n) is 4.68. The molecule has 1 N–H and O–H groups in total. The van der Waals surface area contributed by atoms with Gasteiger partial charge in [-0.2, -0.15) is 5.26 Å². The van der Waals surface area contributed by atoms with Crippen LogP contribution in [-0.2, 0) is 4.79 Å². The fourth-order valence-corrected chi connectivity index (χ4v) is 2.16. The van der Waals surface area contributed by atoms with Gasteiger partial charge in [0, 0.05) is 24.2 Å². The van der Waals surface area contributed by atoms with E-state index in [1.165, 1.54) is 12.1 Å². The van der Waals surface area contributed by atoms with Crippen molar-refractivity contribution in [1.29, 1.82) is 5.26 Å². The van der Waals surface area contributed by atoms with Crippen molar-refractivity contribution in [3.63, 3.8) is 0 Å². The molecule has 0 spiro atoms. The summed E-state index contributed by atoms with van der Waals surface area (Å²) in [7, 11) is 0. The van der Waals surface area contributed by atoms with Crippen molar-refractivity contribution in [2.45, 2.75) is 25.3 Å². The Labute approximate surface area is 116 Å². The predicted octanol–water partition coefficient (Wildman–Crippen LogP) is 2.81. The quantitative estimate of drug-likeness (QED) is 0.810. The Morgan fingerprint density at radius 2 is 2.30 bits per heavy atom. The van der Waals surface area contributed by atoms with Crippen LogP contribution in [0, 0.1) is 17.1 Å². The van der Waals surface area contributed by atoms with Crippen LogP contribution in [0.3, 0.4) is 0 Å². The highest BCUT2D eigenvalue weighted by atomic mass is 19.1. The van der Waals surface area contributed by atoms with Crippen LogP contribution in [0.4, 0.5) is 10.1 Å². The molecule has 1 aliphatic carbocycles. The normalized spacial score (nSPS) is 14.2. The Morgan fingerprint density at radius 1 is 1.55 bits per heavy atom. The first-order chi connectivity index (χ1) is 9.63. The van der Waals surface area contributed by atoms with Crippen LogP contribution in [0.25, 0.3) is 6.08 Å². The van der Waals surface area contributed by atoms with Crippen LogP contribution in [-0.4, -0.2) is 23.7 Å². The number of carboxylic acids is 1. The molecule has 0 heterocycles. The van der Waals surface area contributed by atoms with Crippen molar-refractivity contribution in [3.8, 4) is 6.07 Å². The second kappa shape index (κ2) is 6.20. The molecule has 5 heteroatoms. The molecule has 0 aromatic heterocycles. The monoisotopic (exact) mass is 274 g/mol. The number of benzene rings is 1. The van der Waals surface area contributed by atoms with E-state index in [-0.39, 0.29) is 11.9 Å². The highest BCUT2D eigenvalue weighted by Gasteiger charge is 2.31. The number of nitriles is 1. The van der Waals surface area contributed by atoms with E-state index in [1.807, 2.05) is 4.90 Å². The Morgan fingerprint density at radius 3 is 2.90 bits per heavy atom. The Bertz CT molecular complexity index is 574. The number of hydrogen-bond acceptors (Lipinski definition) is 3. The van der Waals surface area contributed by atoms with Crippen molar-refractivity contribution < 1.29 is 14.3 Å². The summed E-state index contributed by atoms with van der Waals surface area (Å²) in [6.45, 7) is 0.454. The molecular formula is C15H15FN2O2. The molecule has 1 aromatic rings. The van der Waals surface area contributed by atoms with E-state index in [0.29, 0.717) is 24.2 Å². The van der Waals surface area contributed by atoms with E-state index in [2.05, 4.69) is 6.07 Å². The summed E-state index contributed by atoms with van der Waals surface area (Å²) >= 11 is 0. The van der Waals surface area contributed by atoms with Crippen molar-refractivity contribution in [2.75, 3.05) is 11.4 Å². The maximum atomic E-state index is 14.1. The summed E-state index contributed by atoms with van der Waals surface area (Å²) in [6.07, 6.45) is 4.65. The van der Waals surface area contributed by atoms with Gasteiger partial charge in [-0.3, -0.25) is 0 Å². The van der Waals surface area contributed by atoms with Crippen LogP contribution in [0.15, 0.2) is 24.3 Å². The fourth-order valence-electron chi connectivity index (χ4n) is 2.16. The van der Waals surface area contributed by atoms with Gasteiger partial charge in [-0.25, -0.2) is 9.18 Å². The van der Waals surface area contributed by atoms with E-state index in [1.54, 1.807) is 12.1 Å². The average Bonchev–Trinajstić information content (AvgIpc) is 3.23. The van der Waals surface area contributed by atoms with Gasteiger partial charge in [-0.15, -0.1) is 0 Å². The number of anilines is 1. The first kappa shape index (κ1) is 14.1. The molecule has 1 aromatic carbocycles. The predicted molar refractivity (Wildman–Crippen MR) is 73.7 cm³/mol. The maximum Gasteiger partial charge on any atom is 0.328 e. The molecule has 2 rings (SSSR count). The lowest BCUT2D eigenvalue weighted by atomic mass is 10.1. The van der Waals surface area contributed by atoms with Crippen molar-refractivity contribution in [1.82, 2.24) is 0 Å². The van der Waals surface area contributed by atoms with E-state index < -0.39 is 5.97 Å². The van der Waals surface area contributed by atoms with Gasteiger partial charge in [-0.1, -0.05) is 12.1 Å². The van der Waals surface area contributed by atoms with Gasteiger partial charge < -0.3 is 10.0 Å². The first-order valence-electron chi connectivity index (χ1n) is 6.46. The molecule has 0 amide bonds. The highest BCUT2D eigenvalue weighted by Crippen LogP contribution is 2.35. The van der Waals surface area contributed by atoms with E-state index in [0.717, 1.165) is 18.9 Å². The number of para-hydroxylation sites is 1. The summed E-state index contributed by atoms with van der Waals surface area (Å²) in [5, 5.41) is 17.4. The van der Waals surface area contributed by atoms with Crippen LogP contribution >= 0.6 is 0 Å². The zero-order valence-electron chi connectivity index (χ0n) is 10.9. The molecule has 0 atom stereocenters. The summed E-state index contributed by atoms with van der Waals surface area (Å²) in [5.74, 6) is -1.46. The lowest BCUT2D eigenvalue weighted by Gasteiger charge is -2.26. The number of rotatable bonds is 6. The van der Waals surface area contributed by atoms with Gasteiger partial charge >= 0.3 is 5.97 Å². The lowest BCUT2D eigenvalue weighted by molar-refractivity contribution is -0.131. The second-order valence-corrected chi connectivity index (χ2v) is 4.68. The van der Waals surface area contributed by atoms with Crippen molar-refractivity contribution in [3.05, 3.63) is 35.7 Å². The van der Waals surface area contributed by atoms with E-state index >= 15 is 0 Å². The van der Waals surface area contributed by atoms with E-state index in [4.69, 9.17) is 10.4 Å². The third-order valence-corrected chi connectivity index (χ3v) is 3.16. The molecule has 104 valence electrons. The number of halogens is 1. The number of carbonyl (C=O) groups is 1.